The Kier molecular flexibility index (Phi) is 6.49. The lowest BCUT2D eigenvalue weighted by Crippen LogP contribution is -2.46. The molecule has 1 aliphatic heterocycles. The number of halogens is 1. The molecular weight excluding hydrogens is 452 g/mol. The number of rotatable bonds is 6. The number of ether oxygens (including phenoxy) is 1. The van der Waals surface area contributed by atoms with Crippen LogP contribution < -0.4 is 9.64 Å². The molecule has 1 saturated heterocycles. The van der Waals surface area contributed by atoms with E-state index in [4.69, 9.17) is 26.3 Å². The third-order valence-corrected chi connectivity index (χ3v) is 7.52. The maximum absolute atomic E-state index is 6.23. The molecule has 33 heavy (non-hydrogen) atoms. The SMILES string of the molecule is CCc1cc2c(N3CCN(Cc4cc(Cl)ccc4OC)CC3)nc(-c3ccccc3)nc2s1. The van der Waals surface area contributed by atoms with E-state index in [2.05, 4.69) is 34.9 Å². The summed E-state index contributed by atoms with van der Waals surface area (Å²) in [4.78, 5) is 17.2. The minimum absolute atomic E-state index is 0.741. The van der Waals surface area contributed by atoms with E-state index in [9.17, 15) is 0 Å². The molecule has 0 aliphatic carbocycles. The highest BCUT2D eigenvalue weighted by Gasteiger charge is 2.23. The van der Waals surface area contributed by atoms with Gasteiger partial charge in [0.05, 0.1) is 12.5 Å². The molecule has 0 saturated carbocycles. The van der Waals surface area contributed by atoms with Crippen LogP contribution in [0.3, 0.4) is 0 Å². The Bertz CT molecular complexity index is 1250. The second kappa shape index (κ2) is 9.67. The van der Waals surface area contributed by atoms with Crippen molar-refractivity contribution in [3.05, 3.63) is 70.1 Å². The van der Waals surface area contributed by atoms with Crippen molar-refractivity contribution in [3.8, 4) is 17.1 Å². The number of anilines is 1. The third-order valence-electron chi connectivity index (χ3n) is 6.11. The smallest absolute Gasteiger partial charge is 0.163 e. The average molecular weight is 479 g/mol. The molecule has 1 fully saturated rings. The number of aryl methyl sites for hydroxylation is 1. The number of nitrogens with zero attached hydrogens (tertiary/aromatic N) is 4. The molecule has 3 heterocycles. The predicted molar refractivity (Wildman–Crippen MR) is 138 cm³/mol. The van der Waals surface area contributed by atoms with Crippen LogP contribution in [0.5, 0.6) is 5.75 Å². The molecule has 1 aliphatic rings. The summed E-state index contributed by atoms with van der Waals surface area (Å²) in [6, 6.07) is 18.4. The van der Waals surface area contributed by atoms with Gasteiger partial charge in [0.2, 0.25) is 0 Å². The zero-order valence-corrected chi connectivity index (χ0v) is 20.5. The molecule has 0 radical (unpaired) electrons. The van der Waals surface area contributed by atoms with Gasteiger partial charge in [-0.3, -0.25) is 4.90 Å². The molecular formula is C26H27ClN4OS. The predicted octanol–water partition coefficient (Wildman–Crippen LogP) is 5.90. The van der Waals surface area contributed by atoms with Crippen LogP contribution in [0.25, 0.3) is 21.6 Å². The number of fused-ring (bicyclic) bond motifs is 1. The summed E-state index contributed by atoms with van der Waals surface area (Å²) in [6.07, 6.45) is 1.01. The van der Waals surface area contributed by atoms with E-state index >= 15 is 0 Å². The number of hydrogen-bond acceptors (Lipinski definition) is 6. The van der Waals surface area contributed by atoms with Crippen molar-refractivity contribution >= 4 is 39.0 Å². The van der Waals surface area contributed by atoms with E-state index in [0.717, 1.165) is 77.5 Å². The number of hydrogen-bond donors (Lipinski definition) is 0. The Balaban J connectivity index is 1.40. The minimum atomic E-state index is 0.741. The van der Waals surface area contributed by atoms with Crippen LogP contribution in [0, 0.1) is 0 Å². The Morgan fingerprint density at radius 1 is 1.00 bits per heavy atom. The maximum atomic E-state index is 6.23. The molecule has 0 amide bonds. The Labute approximate surface area is 203 Å². The van der Waals surface area contributed by atoms with Gasteiger partial charge < -0.3 is 9.64 Å². The van der Waals surface area contributed by atoms with Gasteiger partial charge in [0, 0.05) is 53.8 Å². The van der Waals surface area contributed by atoms with E-state index < -0.39 is 0 Å². The van der Waals surface area contributed by atoms with Crippen molar-refractivity contribution in [3.63, 3.8) is 0 Å². The zero-order chi connectivity index (χ0) is 22.8. The van der Waals surface area contributed by atoms with Crippen molar-refractivity contribution in [2.45, 2.75) is 19.9 Å². The first kappa shape index (κ1) is 22.1. The fraction of sp³-hybridized carbons (Fsp3) is 0.308. The number of methoxy groups -OCH3 is 1. The fourth-order valence-corrected chi connectivity index (χ4v) is 5.47. The van der Waals surface area contributed by atoms with Gasteiger partial charge in [0.15, 0.2) is 5.82 Å². The minimum Gasteiger partial charge on any atom is -0.496 e. The van der Waals surface area contributed by atoms with Crippen LogP contribution in [0.15, 0.2) is 54.6 Å². The first-order valence-electron chi connectivity index (χ1n) is 11.3. The lowest BCUT2D eigenvalue weighted by atomic mass is 10.1. The summed E-state index contributed by atoms with van der Waals surface area (Å²) in [5, 5.41) is 1.91. The molecule has 170 valence electrons. The van der Waals surface area contributed by atoms with Gasteiger partial charge in [-0.25, -0.2) is 9.97 Å². The quantitative estimate of drug-likeness (QED) is 0.345. The summed E-state index contributed by atoms with van der Waals surface area (Å²) < 4.78 is 5.54. The topological polar surface area (TPSA) is 41.5 Å². The van der Waals surface area contributed by atoms with E-state index in [-0.39, 0.29) is 0 Å². The molecule has 2 aromatic carbocycles. The van der Waals surface area contributed by atoms with Crippen LogP contribution in [0.2, 0.25) is 5.02 Å². The van der Waals surface area contributed by atoms with Gasteiger partial charge >= 0.3 is 0 Å². The molecule has 0 N–H and O–H groups in total. The lowest BCUT2D eigenvalue weighted by Gasteiger charge is -2.36. The molecule has 7 heteroatoms. The fourth-order valence-electron chi connectivity index (χ4n) is 4.32. The van der Waals surface area contributed by atoms with Crippen molar-refractivity contribution in [1.29, 1.82) is 0 Å². The summed E-state index contributed by atoms with van der Waals surface area (Å²) in [6.45, 7) is 6.75. The normalized spacial score (nSPS) is 14.7. The highest BCUT2D eigenvalue weighted by atomic mass is 35.5. The van der Waals surface area contributed by atoms with E-state index in [1.165, 1.54) is 10.3 Å². The van der Waals surface area contributed by atoms with Crippen molar-refractivity contribution in [1.82, 2.24) is 14.9 Å². The highest BCUT2D eigenvalue weighted by Crippen LogP contribution is 2.34. The summed E-state index contributed by atoms with van der Waals surface area (Å²) in [7, 11) is 1.71. The van der Waals surface area contributed by atoms with Crippen molar-refractivity contribution in [2.75, 3.05) is 38.2 Å². The molecule has 5 rings (SSSR count). The van der Waals surface area contributed by atoms with Gasteiger partial charge in [-0.05, 0) is 30.7 Å². The van der Waals surface area contributed by atoms with Gasteiger partial charge in [0.1, 0.15) is 16.4 Å². The monoisotopic (exact) mass is 478 g/mol. The molecule has 2 aromatic heterocycles. The van der Waals surface area contributed by atoms with Crippen LogP contribution >= 0.6 is 22.9 Å². The first-order chi connectivity index (χ1) is 16.1. The molecule has 0 atom stereocenters. The second-order valence-electron chi connectivity index (χ2n) is 8.24. The van der Waals surface area contributed by atoms with Crippen molar-refractivity contribution in [2.24, 2.45) is 0 Å². The van der Waals surface area contributed by atoms with Crippen LogP contribution in [-0.2, 0) is 13.0 Å². The largest absolute Gasteiger partial charge is 0.496 e. The van der Waals surface area contributed by atoms with Gasteiger partial charge in [0.25, 0.3) is 0 Å². The van der Waals surface area contributed by atoms with Crippen molar-refractivity contribution < 1.29 is 4.74 Å². The van der Waals surface area contributed by atoms with E-state index in [1.807, 2.05) is 36.4 Å². The molecule has 5 nitrogen and oxygen atoms in total. The first-order valence-corrected chi connectivity index (χ1v) is 12.5. The Hall–Kier alpha value is -2.67. The Morgan fingerprint density at radius 2 is 1.79 bits per heavy atom. The number of piperazine rings is 1. The van der Waals surface area contributed by atoms with Gasteiger partial charge in [-0.15, -0.1) is 11.3 Å². The van der Waals surface area contributed by atoms with Crippen LogP contribution in [0.4, 0.5) is 5.82 Å². The Morgan fingerprint density at radius 3 is 2.52 bits per heavy atom. The maximum Gasteiger partial charge on any atom is 0.163 e. The van der Waals surface area contributed by atoms with Crippen LogP contribution in [-0.4, -0.2) is 48.2 Å². The summed E-state index contributed by atoms with van der Waals surface area (Å²) in [5.41, 5.74) is 2.18. The molecule has 0 unspecified atom stereocenters. The number of aromatic nitrogens is 2. The number of benzene rings is 2. The average Bonchev–Trinajstić information content (AvgIpc) is 3.28. The van der Waals surface area contributed by atoms with E-state index in [0.29, 0.717) is 0 Å². The molecule has 0 spiro atoms. The number of thiophene rings is 1. The summed E-state index contributed by atoms with van der Waals surface area (Å²) in [5.74, 6) is 2.74. The van der Waals surface area contributed by atoms with E-state index in [1.54, 1.807) is 18.4 Å². The van der Waals surface area contributed by atoms with Gasteiger partial charge in [-0.1, -0.05) is 48.9 Å². The zero-order valence-electron chi connectivity index (χ0n) is 18.9. The molecule has 0 bridgehead atoms. The van der Waals surface area contributed by atoms with Crippen LogP contribution in [0.1, 0.15) is 17.4 Å². The highest BCUT2D eigenvalue weighted by molar-refractivity contribution is 7.18. The third kappa shape index (κ3) is 4.69. The standard InChI is InChI=1S/C26H27ClN4OS/c1-3-21-16-22-25(28-24(29-26(22)33-21)18-7-5-4-6-8-18)31-13-11-30(12-14-31)17-19-15-20(27)9-10-23(19)32-2/h4-10,15-16H,3,11-14,17H2,1-2H3. The van der Waals surface area contributed by atoms with Gasteiger partial charge in [-0.2, -0.15) is 0 Å². The summed E-state index contributed by atoms with van der Waals surface area (Å²) >= 11 is 8.01. The lowest BCUT2D eigenvalue weighted by molar-refractivity contribution is 0.246. The molecule has 4 aromatic rings. The second-order valence-corrected chi connectivity index (χ2v) is 9.79.